The maximum atomic E-state index is 15.9. The lowest BCUT2D eigenvalue weighted by Gasteiger charge is -2.27. The number of nitrogens with zero attached hydrogens (tertiary/aromatic N) is 5. The minimum absolute atomic E-state index is 0.000607. The van der Waals surface area contributed by atoms with Gasteiger partial charge in [0.15, 0.2) is 11.6 Å². The molecule has 1 saturated heterocycles. The van der Waals surface area contributed by atoms with Crippen molar-refractivity contribution in [3.8, 4) is 0 Å². The van der Waals surface area contributed by atoms with Crippen LogP contribution in [-0.2, 0) is 57.2 Å². The van der Waals surface area contributed by atoms with Crippen molar-refractivity contribution < 1.29 is 79.9 Å². The molecule has 4 heterocycles. The van der Waals surface area contributed by atoms with E-state index in [-0.39, 0.29) is 146 Å². The fourth-order valence-corrected chi connectivity index (χ4v) is 11.2. The van der Waals surface area contributed by atoms with E-state index in [0.717, 1.165) is 4.90 Å². The maximum Gasteiger partial charge on any atom is 0.277 e. The highest BCUT2D eigenvalue weighted by Crippen LogP contribution is 2.36. The van der Waals surface area contributed by atoms with Crippen LogP contribution in [0.1, 0.15) is 92.8 Å². The summed E-state index contributed by atoms with van der Waals surface area (Å²) in [5, 5.41) is 22.0. The largest absolute Gasteiger partial charge is 0.377 e. The molecule has 0 saturated carbocycles. The molecule has 2 atom stereocenters. The van der Waals surface area contributed by atoms with Crippen molar-refractivity contribution in [2.45, 2.75) is 63.5 Å². The second-order valence-electron chi connectivity index (χ2n) is 22.5. The molecular formula is C64H69Br2F4N15O13. The Morgan fingerprint density at radius 2 is 1.21 bits per heavy atom. The average Bonchev–Trinajstić information content (AvgIpc) is 1.58. The van der Waals surface area contributed by atoms with E-state index in [9.17, 15) is 51.9 Å². The van der Waals surface area contributed by atoms with E-state index >= 15 is 8.78 Å². The first kappa shape index (κ1) is 73.0. The fourth-order valence-electron chi connectivity index (χ4n) is 10.6. The number of amides is 9. The predicted octanol–water partition coefficient (Wildman–Crippen LogP) is 6.25. The summed E-state index contributed by atoms with van der Waals surface area (Å²) in [6, 6.07) is 13.3. The molecule has 0 aliphatic carbocycles. The van der Waals surface area contributed by atoms with E-state index < -0.39 is 89.2 Å². The smallest absolute Gasteiger partial charge is 0.277 e. The highest BCUT2D eigenvalue weighted by molar-refractivity contribution is 9.10. The van der Waals surface area contributed by atoms with Crippen LogP contribution in [0, 0.1) is 23.3 Å². The highest BCUT2D eigenvalue weighted by Gasteiger charge is 2.46. The zero-order valence-corrected chi connectivity index (χ0v) is 56.1. The van der Waals surface area contributed by atoms with Crippen molar-refractivity contribution in [3.05, 3.63) is 134 Å². The van der Waals surface area contributed by atoms with Crippen molar-refractivity contribution in [1.29, 1.82) is 0 Å². The van der Waals surface area contributed by atoms with Gasteiger partial charge in [-0.15, -0.1) is 0 Å². The van der Waals surface area contributed by atoms with Gasteiger partial charge in [-0.1, -0.05) is 37.9 Å². The number of piperidine rings is 1. The van der Waals surface area contributed by atoms with E-state index in [1.807, 2.05) is 0 Å². The Bertz CT molecular complexity index is 4160. The van der Waals surface area contributed by atoms with Crippen LogP contribution in [0.25, 0.3) is 22.1 Å². The molecule has 520 valence electrons. The molecule has 9 rings (SSSR count). The van der Waals surface area contributed by atoms with Crippen molar-refractivity contribution in [3.63, 3.8) is 0 Å². The first-order valence-electron chi connectivity index (χ1n) is 31.0. The zero-order valence-electron chi connectivity index (χ0n) is 52.9. The second-order valence-corrected chi connectivity index (χ2v) is 24.3. The standard InChI is InChI=1S/C64H69Br2F4N15O13/c1-83-33-74-57-47(83)30-38(55(53(57)69)78-42-14-12-35(65)28-40(42)67)59(89)81-97-24-20-71-18-5-3-9-45(61(91)73-22-23-95-26-27-96-32-51(88)76-44-10-7-8-37-52(44)64(94)85(63(37)93)46-16-17-50(87)80-62(46)92)77-49(86)11-4-6-19-72-21-25-98-82-60(90)39-31-48-58(75-34-84(48)2)54(70)56(39)79-43-15-13-36(66)29-41(43)68/h7-8,10,12-15,28-31,33-34,45-46,71-72,78-79H,3-6,9,11,16-27,32H2,1-2H3,(H,73,91)(H,76,88)(H,77,86)(H,81,89)(H,82,90)(H,80,87,92)/t45-,46?/m0/s1. The molecule has 1 fully saturated rings. The molecule has 0 spiro atoms. The highest BCUT2D eigenvalue weighted by atomic mass is 79.9. The maximum absolute atomic E-state index is 15.9. The number of hydrogen-bond acceptors (Lipinski definition) is 19. The van der Waals surface area contributed by atoms with Crippen molar-refractivity contribution in [1.82, 2.24) is 61.5 Å². The lowest BCUT2D eigenvalue weighted by molar-refractivity contribution is -0.136. The van der Waals surface area contributed by atoms with Gasteiger partial charge in [0.25, 0.3) is 23.6 Å². The number of aryl methyl sites for hydroxylation is 2. The van der Waals surface area contributed by atoms with Gasteiger partial charge < -0.3 is 55.8 Å². The number of hydroxylamine groups is 2. The van der Waals surface area contributed by atoms with E-state index in [1.54, 1.807) is 26.2 Å². The van der Waals surface area contributed by atoms with Crippen LogP contribution in [0.2, 0.25) is 0 Å². The lowest BCUT2D eigenvalue weighted by Crippen LogP contribution is -2.54. The molecule has 5 aromatic carbocycles. The van der Waals surface area contributed by atoms with Gasteiger partial charge in [0.05, 0.1) is 107 Å². The summed E-state index contributed by atoms with van der Waals surface area (Å²) in [5.41, 5.74) is 4.01. The number of hydrogen-bond donors (Lipinski definition) is 10. The third-order valence-corrected chi connectivity index (χ3v) is 16.5. The summed E-state index contributed by atoms with van der Waals surface area (Å²) >= 11 is 6.39. The number of carbonyl (C=O) groups is 9. The van der Waals surface area contributed by atoms with Crippen LogP contribution < -0.4 is 53.5 Å². The molecule has 1 unspecified atom stereocenters. The first-order chi connectivity index (χ1) is 47.2. The topological polar surface area (TPSA) is 350 Å². The predicted molar refractivity (Wildman–Crippen MR) is 355 cm³/mol. The molecule has 9 amide bonds. The van der Waals surface area contributed by atoms with E-state index in [4.69, 9.17) is 19.1 Å². The van der Waals surface area contributed by atoms with Crippen LogP contribution in [0.5, 0.6) is 0 Å². The number of anilines is 5. The van der Waals surface area contributed by atoms with Crippen LogP contribution in [0.3, 0.4) is 0 Å². The average molecular weight is 1490 g/mol. The van der Waals surface area contributed by atoms with Gasteiger partial charge in [0.2, 0.25) is 29.5 Å². The number of imidazole rings is 2. The molecule has 0 bridgehead atoms. The van der Waals surface area contributed by atoms with Gasteiger partial charge >= 0.3 is 0 Å². The van der Waals surface area contributed by atoms with Crippen molar-refractivity contribution in [2.24, 2.45) is 14.1 Å². The number of halogens is 6. The van der Waals surface area contributed by atoms with Gasteiger partial charge in [0.1, 0.15) is 41.4 Å². The van der Waals surface area contributed by atoms with Gasteiger partial charge in [-0.3, -0.25) is 63.0 Å². The van der Waals surface area contributed by atoms with E-state index in [0.29, 0.717) is 58.8 Å². The number of fused-ring (bicyclic) bond motifs is 3. The molecule has 2 aliphatic rings. The van der Waals surface area contributed by atoms with Gasteiger partial charge in [-0.05, 0) is 112 Å². The second kappa shape index (κ2) is 34.8. The fraction of sp³-hybridized carbons (Fsp3) is 0.359. The van der Waals surface area contributed by atoms with Crippen molar-refractivity contribution >= 4 is 136 Å². The van der Waals surface area contributed by atoms with E-state index in [2.05, 4.69) is 95.3 Å². The van der Waals surface area contributed by atoms with E-state index in [1.165, 1.54) is 76.4 Å². The minimum atomic E-state index is -1.19. The summed E-state index contributed by atoms with van der Waals surface area (Å²) in [7, 11) is 3.26. The van der Waals surface area contributed by atoms with Crippen molar-refractivity contribution in [2.75, 3.05) is 88.3 Å². The molecule has 34 heteroatoms. The molecule has 28 nitrogen and oxygen atoms in total. The number of nitrogens with one attached hydrogen (secondary N) is 10. The summed E-state index contributed by atoms with van der Waals surface area (Å²) in [6.45, 7) is 1.03. The SMILES string of the molecule is Cn1cnc2c(F)c(Nc3ccc(Br)cc3F)c(C(=O)NOCCNCCCCC(=O)N[C@@H](CCCCNCCONC(=O)c3cc4c(ncn4C)c(F)c3Nc3ccc(Br)cc3F)C(=O)NCCOCCOCC(=O)Nc3cccc4c3C(=O)N(C3CCC(=O)NC3=O)C4=O)cc21. The Labute approximate surface area is 573 Å². The van der Waals surface area contributed by atoms with Crippen LogP contribution in [-0.4, -0.2) is 162 Å². The Hall–Kier alpha value is -9.29. The zero-order chi connectivity index (χ0) is 70.0. The Morgan fingerprint density at radius 3 is 1.79 bits per heavy atom. The van der Waals surface area contributed by atoms with Crippen LogP contribution in [0.15, 0.2) is 88.3 Å². The number of benzene rings is 5. The third-order valence-electron chi connectivity index (χ3n) is 15.5. The molecule has 7 aromatic rings. The number of imide groups is 2. The van der Waals surface area contributed by atoms with Gasteiger partial charge in [-0.25, -0.2) is 38.5 Å². The minimum Gasteiger partial charge on any atom is -0.377 e. The lowest BCUT2D eigenvalue weighted by atomic mass is 10.0. The normalized spacial score (nSPS) is 14.0. The number of ether oxygens (including phenoxy) is 2. The summed E-state index contributed by atoms with van der Waals surface area (Å²) in [6.07, 6.45) is 5.03. The number of carbonyl (C=O) groups excluding carboxylic acids is 9. The Balaban J connectivity index is 0.693. The number of rotatable bonds is 36. The number of unbranched alkanes of at least 4 members (excludes halogenated alkanes) is 2. The molecule has 2 aliphatic heterocycles. The molecule has 2 aromatic heterocycles. The van der Waals surface area contributed by atoms with Crippen LogP contribution >= 0.6 is 31.9 Å². The first-order valence-corrected chi connectivity index (χ1v) is 32.6. The molecular weight excluding hydrogens is 1420 g/mol. The Kier molecular flexibility index (Phi) is 25.9. The third kappa shape index (κ3) is 18.7. The quantitative estimate of drug-likeness (QED) is 0.00898. The molecule has 98 heavy (non-hydrogen) atoms. The molecule has 10 N–H and O–H groups in total. The van der Waals surface area contributed by atoms with Crippen LogP contribution in [0.4, 0.5) is 46.0 Å². The van der Waals surface area contributed by atoms with Gasteiger partial charge in [-0.2, -0.15) is 0 Å². The Morgan fingerprint density at radius 1 is 0.643 bits per heavy atom. The summed E-state index contributed by atoms with van der Waals surface area (Å²) < 4.78 is 76.3. The summed E-state index contributed by atoms with van der Waals surface area (Å²) in [4.78, 5) is 137. The monoisotopic (exact) mass is 1490 g/mol. The molecule has 0 radical (unpaired) electrons. The number of aromatic nitrogens is 4. The summed E-state index contributed by atoms with van der Waals surface area (Å²) in [5.74, 6) is -9.03. The van der Waals surface area contributed by atoms with Gasteiger partial charge in [0, 0.05) is 55.5 Å².